The predicted molar refractivity (Wildman–Crippen MR) is 66.7 cm³/mol. The highest BCUT2D eigenvalue weighted by Gasteiger charge is 2.17. The molecule has 0 bridgehead atoms. The number of H-pyrrole nitrogens is 1. The predicted octanol–water partition coefficient (Wildman–Crippen LogP) is 1.58. The van der Waals surface area contributed by atoms with Crippen LogP contribution in [0.15, 0.2) is 12.5 Å². The maximum atomic E-state index is 4.07. The summed E-state index contributed by atoms with van der Waals surface area (Å²) in [4.78, 5) is 12.2. The Bertz CT molecular complexity index is 286. The lowest BCUT2D eigenvalue weighted by Crippen LogP contribution is -2.46. The van der Waals surface area contributed by atoms with Gasteiger partial charge < -0.3 is 9.88 Å². The van der Waals surface area contributed by atoms with E-state index in [4.69, 9.17) is 0 Å². The lowest BCUT2D eigenvalue weighted by atomic mass is 10.1. The molecule has 4 nitrogen and oxygen atoms in total. The highest BCUT2D eigenvalue weighted by atomic mass is 15.3. The molecule has 0 amide bonds. The zero-order chi connectivity index (χ0) is 11.4. The summed E-state index contributed by atoms with van der Waals surface area (Å²) in [6.45, 7) is 10.4. The molecule has 1 fully saturated rings. The molecule has 0 radical (unpaired) electrons. The topological polar surface area (TPSA) is 35.2 Å². The van der Waals surface area contributed by atoms with Crippen molar-refractivity contribution in [1.82, 2.24) is 14.9 Å². The fourth-order valence-electron chi connectivity index (χ4n) is 2.07. The van der Waals surface area contributed by atoms with Crippen molar-refractivity contribution in [3.8, 4) is 0 Å². The summed E-state index contributed by atoms with van der Waals surface area (Å²) in [5, 5.41) is 0. The normalized spacial score (nSPS) is 18.3. The Morgan fingerprint density at radius 1 is 1.31 bits per heavy atom. The molecule has 0 aliphatic carbocycles. The first-order valence-electron chi connectivity index (χ1n) is 6.21. The van der Waals surface area contributed by atoms with Gasteiger partial charge in [0.2, 0.25) is 0 Å². The average Bonchev–Trinajstić information content (AvgIpc) is 2.80. The third-order valence-electron chi connectivity index (χ3n) is 3.22. The largest absolute Gasteiger partial charge is 0.354 e. The van der Waals surface area contributed by atoms with Gasteiger partial charge in [-0.3, -0.25) is 4.90 Å². The quantitative estimate of drug-likeness (QED) is 0.840. The molecule has 0 spiro atoms. The molecule has 2 heterocycles. The summed E-state index contributed by atoms with van der Waals surface area (Å²) in [5.74, 6) is 1.97. The molecule has 0 aromatic carbocycles. The second kappa shape index (κ2) is 5.34. The van der Waals surface area contributed by atoms with Crippen molar-refractivity contribution >= 4 is 5.82 Å². The van der Waals surface area contributed by atoms with Crippen LogP contribution in [0.4, 0.5) is 5.82 Å². The van der Waals surface area contributed by atoms with E-state index in [-0.39, 0.29) is 0 Å². The Balaban J connectivity index is 1.74. The second-order valence-electron chi connectivity index (χ2n) is 4.95. The van der Waals surface area contributed by atoms with Gasteiger partial charge in [0.25, 0.3) is 0 Å². The maximum Gasteiger partial charge on any atom is 0.125 e. The van der Waals surface area contributed by atoms with Gasteiger partial charge in [-0.1, -0.05) is 13.8 Å². The highest BCUT2D eigenvalue weighted by Crippen LogP contribution is 2.12. The number of aromatic nitrogens is 2. The first kappa shape index (κ1) is 11.5. The van der Waals surface area contributed by atoms with E-state index in [1.807, 2.05) is 6.20 Å². The zero-order valence-electron chi connectivity index (χ0n) is 10.3. The summed E-state index contributed by atoms with van der Waals surface area (Å²) in [6, 6.07) is 0. The zero-order valence-corrected chi connectivity index (χ0v) is 10.3. The van der Waals surface area contributed by atoms with Gasteiger partial charge in [-0.05, 0) is 18.9 Å². The molecular formula is C12H22N4. The van der Waals surface area contributed by atoms with Crippen molar-refractivity contribution in [2.24, 2.45) is 5.92 Å². The number of rotatable bonds is 4. The Hall–Kier alpha value is -1.03. The molecule has 0 unspecified atom stereocenters. The minimum absolute atomic E-state index is 0.811. The molecule has 1 saturated heterocycles. The monoisotopic (exact) mass is 222 g/mol. The van der Waals surface area contributed by atoms with E-state index in [0.717, 1.165) is 24.8 Å². The summed E-state index contributed by atoms with van der Waals surface area (Å²) in [6.07, 6.45) is 4.97. The van der Waals surface area contributed by atoms with E-state index in [0.29, 0.717) is 0 Å². The number of imidazole rings is 1. The van der Waals surface area contributed by atoms with Gasteiger partial charge in [-0.15, -0.1) is 0 Å². The lowest BCUT2D eigenvalue weighted by Gasteiger charge is -2.35. The standard InChI is InChI=1S/C12H22N4/c1-11(2)3-4-15-5-7-16(8-6-15)12-9-13-10-14-12/h9-11H,3-8H2,1-2H3,(H,13,14). The molecule has 1 aliphatic rings. The average molecular weight is 222 g/mol. The first-order chi connectivity index (χ1) is 7.75. The first-order valence-corrected chi connectivity index (χ1v) is 6.21. The van der Waals surface area contributed by atoms with Gasteiger partial charge >= 0.3 is 0 Å². The van der Waals surface area contributed by atoms with Gasteiger partial charge in [0, 0.05) is 26.2 Å². The van der Waals surface area contributed by atoms with E-state index >= 15 is 0 Å². The van der Waals surface area contributed by atoms with Crippen LogP contribution < -0.4 is 4.90 Å². The molecule has 1 aliphatic heterocycles. The van der Waals surface area contributed by atoms with Gasteiger partial charge in [0.1, 0.15) is 5.82 Å². The van der Waals surface area contributed by atoms with Crippen LogP contribution in [0.5, 0.6) is 0 Å². The van der Waals surface area contributed by atoms with Crippen molar-refractivity contribution in [3.63, 3.8) is 0 Å². The molecule has 1 N–H and O–H groups in total. The van der Waals surface area contributed by atoms with Crippen LogP contribution in [0.25, 0.3) is 0 Å². The molecule has 0 atom stereocenters. The van der Waals surface area contributed by atoms with Gasteiger partial charge in [-0.2, -0.15) is 0 Å². The number of piperazine rings is 1. The lowest BCUT2D eigenvalue weighted by molar-refractivity contribution is 0.243. The summed E-state index contributed by atoms with van der Waals surface area (Å²) in [7, 11) is 0. The minimum Gasteiger partial charge on any atom is -0.354 e. The number of aromatic amines is 1. The van der Waals surface area contributed by atoms with E-state index < -0.39 is 0 Å². The maximum absolute atomic E-state index is 4.07. The number of hydrogen-bond acceptors (Lipinski definition) is 3. The van der Waals surface area contributed by atoms with Gasteiger partial charge in [-0.25, -0.2) is 4.98 Å². The number of nitrogens with one attached hydrogen (secondary N) is 1. The molecule has 0 saturated carbocycles. The number of anilines is 1. The van der Waals surface area contributed by atoms with E-state index in [1.54, 1.807) is 6.33 Å². The summed E-state index contributed by atoms with van der Waals surface area (Å²) < 4.78 is 0. The summed E-state index contributed by atoms with van der Waals surface area (Å²) >= 11 is 0. The van der Waals surface area contributed by atoms with Gasteiger partial charge in [0.05, 0.1) is 12.5 Å². The molecule has 1 aromatic rings. The molecular weight excluding hydrogens is 200 g/mol. The van der Waals surface area contributed by atoms with E-state index in [9.17, 15) is 0 Å². The Morgan fingerprint density at radius 2 is 2.06 bits per heavy atom. The second-order valence-corrected chi connectivity index (χ2v) is 4.95. The minimum atomic E-state index is 0.811. The SMILES string of the molecule is CC(C)CCN1CCN(c2cnc[nH]2)CC1. The Kier molecular flexibility index (Phi) is 3.83. The third kappa shape index (κ3) is 2.98. The fraction of sp³-hybridized carbons (Fsp3) is 0.750. The molecule has 16 heavy (non-hydrogen) atoms. The van der Waals surface area contributed by atoms with Crippen molar-refractivity contribution in [2.45, 2.75) is 20.3 Å². The molecule has 1 aromatic heterocycles. The van der Waals surface area contributed by atoms with Crippen LogP contribution >= 0.6 is 0 Å². The molecule has 4 heteroatoms. The van der Waals surface area contributed by atoms with Crippen molar-refractivity contribution < 1.29 is 0 Å². The van der Waals surface area contributed by atoms with Crippen LogP contribution in [0.3, 0.4) is 0 Å². The van der Waals surface area contributed by atoms with Crippen LogP contribution in [0.1, 0.15) is 20.3 Å². The Labute approximate surface area is 97.7 Å². The fourth-order valence-corrected chi connectivity index (χ4v) is 2.07. The van der Waals surface area contributed by atoms with Crippen LogP contribution in [-0.2, 0) is 0 Å². The highest BCUT2D eigenvalue weighted by molar-refractivity contribution is 5.35. The molecule has 2 rings (SSSR count). The molecule has 90 valence electrons. The number of hydrogen-bond donors (Lipinski definition) is 1. The van der Waals surface area contributed by atoms with E-state index in [1.165, 1.54) is 26.1 Å². The van der Waals surface area contributed by atoms with Gasteiger partial charge in [0.15, 0.2) is 0 Å². The van der Waals surface area contributed by atoms with Crippen LogP contribution in [0, 0.1) is 5.92 Å². The Morgan fingerprint density at radius 3 is 2.62 bits per heavy atom. The van der Waals surface area contributed by atoms with Crippen molar-refractivity contribution in [2.75, 3.05) is 37.6 Å². The number of nitrogens with zero attached hydrogens (tertiary/aromatic N) is 3. The van der Waals surface area contributed by atoms with E-state index in [2.05, 4.69) is 33.6 Å². The smallest absolute Gasteiger partial charge is 0.125 e. The summed E-state index contributed by atoms with van der Waals surface area (Å²) in [5.41, 5.74) is 0. The van der Waals surface area contributed by atoms with Crippen LogP contribution in [-0.4, -0.2) is 47.6 Å². The van der Waals surface area contributed by atoms with Crippen LogP contribution in [0.2, 0.25) is 0 Å². The van der Waals surface area contributed by atoms with Crippen molar-refractivity contribution in [3.05, 3.63) is 12.5 Å². The third-order valence-corrected chi connectivity index (χ3v) is 3.22. The van der Waals surface area contributed by atoms with Crippen molar-refractivity contribution in [1.29, 1.82) is 0 Å².